The first-order chi connectivity index (χ1) is 6.99. The molecule has 0 amide bonds. The van der Waals surface area contributed by atoms with Gasteiger partial charge in [-0.3, -0.25) is 0 Å². The molecule has 0 aromatic carbocycles. The maximum atomic E-state index is 5.03. The molecule has 0 aliphatic rings. The zero-order chi connectivity index (χ0) is 12.9. The molecule has 2 radical (unpaired) electrons. The van der Waals surface area contributed by atoms with Gasteiger partial charge in [0.15, 0.2) is 0 Å². The predicted octanol–water partition coefficient (Wildman–Crippen LogP) is 4.85. The van der Waals surface area contributed by atoms with Crippen molar-refractivity contribution in [2.75, 3.05) is 0 Å². The van der Waals surface area contributed by atoms with Crippen molar-refractivity contribution in [3.63, 3.8) is 0 Å². The Morgan fingerprint density at radius 1 is 1.33 bits per heavy atom. The van der Waals surface area contributed by atoms with Crippen LogP contribution in [-0.4, -0.2) is 7.85 Å². The molecule has 0 saturated carbocycles. The molecule has 0 spiro atoms. The summed E-state index contributed by atoms with van der Waals surface area (Å²) in [5.74, 6) is 3.77. The Kier molecular flexibility index (Phi) is 22.6. The van der Waals surface area contributed by atoms with Crippen LogP contribution in [0, 0.1) is 24.2 Å². The van der Waals surface area contributed by atoms with E-state index in [0.29, 0.717) is 11.8 Å². The van der Waals surface area contributed by atoms with Gasteiger partial charge in [-0.05, 0) is 44.9 Å². The van der Waals surface area contributed by atoms with E-state index in [-0.39, 0.29) is 0 Å². The topological polar surface area (TPSA) is 0 Å². The van der Waals surface area contributed by atoms with Gasteiger partial charge in [0, 0.05) is 5.92 Å². The van der Waals surface area contributed by atoms with Gasteiger partial charge in [0.2, 0.25) is 0 Å². The third kappa shape index (κ3) is 20.2. The Hall–Kier alpha value is 0.0949. The summed E-state index contributed by atoms with van der Waals surface area (Å²) >= 11 is 2.27. The molecule has 0 saturated heterocycles. The van der Waals surface area contributed by atoms with Crippen molar-refractivity contribution in [2.24, 2.45) is 11.8 Å². The second kappa shape index (κ2) is 16.5. The molecule has 0 nitrogen and oxygen atoms in total. The van der Waals surface area contributed by atoms with Crippen molar-refractivity contribution >= 4 is 30.4 Å². The highest BCUT2D eigenvalue weighted by molar-refractivity contribution is 14.1. The quantitative estimate of drug-likeness (QED) is 0.396. The van der Waals surface area contributed by atoms with E-state index in [4.69, 9.17) is 6.42 Å². The Balaban J connectivity index is -0.000000166. The standard InChI is InChI=1S/C6H11I.C6H10.CH3B/c1-4-5(2)6(3)7;1-4-6(3)5-2;1-2/h5H,3-4H2,1-2H3;1,6H,5H2,2-3H3;1H3/t5-;6-;/m10./s1. The van der Waals surface area contributed by atoms with E-state index in [1.807, 2.05) is 6.92 Å². The second-order valence-corrected chi connectivity index (χ2v) is 4.62. The lowest BCUT2D eigenvalue weighted by atomic mass is 10.1. The lowest BCUT2D eigenvalue weighted by molar-refractivity contribution is 0.695. The summed E-state index contributed by atoms with van der Waals surface area (Å²) in [5, 5.41) is 0. The van der Waals surface area contributed by atoms with Crippen LogP contribution in [0.5, 0.6) is 0 Å². The molecule has 86 valence electrons. The Bertz CT molecular complexity index is 170. The molecule has 0 bridgehead atoms. The summed E-state index contributed by atoms with van der Waals surface area (Å²) in [6.07, 6.45) is 7.34. The Morgan fingerprint density at radius 3 is 1.73 bits per heavy atom. The monoisotopic (exact) mass is 318 g/mol. The molecule has 0 aliphatic heterocycles. The smallest absolute Gasteiger partial charge is 0.0606 e. The second-order valence-electron chi connectivity index (χ2n) is 3.23. The van der Waals surface area contributed by atoms with Crippen LogP contribution in [0.15, 0.2) is 10.2 Å². The van der Waals surface area contributed by atoms with E-state index in [0.717, 1.165) is 6.42 Å². The van der Waals surface area contributed by atoms with E-state index in [1.165, 1.54) is 16.8 Å². The predicted molar refractivity (Wildman–Crippen MR) is 82.5 cm³/mol. The third-order valence-electron chi connectivity index (χ3n) is 2.04. The molecule has 15 heavy (non-hydrogen) atoms. The molecule has 0 aromatic rings. The summed E-state index contributed by atoms with van der Waals surface area (Å²) in [7, 11) is 4.50. The van der Waals surface area contributed by atoms with Gasteiger partial charge in [-0.25, -0.2) is 0 Å². The van der Waals surface area contributed by atoms with E-state index >= 15 is 0 Å². The van der Waals surface area contributed by atoms with E-state index in [1.54, 1.807) is 0 Å². The first-order valence-corrected chi connectivity index (χ1v) is 6.45. The Labute approximate surface area is 112 Å². The minimum atomic E-state index is 0.463. The summed E-state index contributed by atoms with van der Waals surface area (Å²) in [6, 6.07) is 0. The fraction of sp³-hybridized carbons (Fsp3) is 0.692. The number of rotatable bonds is 3. The number of halogens is 1. The van der Waals surface area contributed by atoms with Crippen molar-refractivity contribution in [3.05, 3.63) is 10.2 Å². The van der Waals surface area contributed by atoms with E-state index in [9.17, 15) is 0 Å². The van der Waals surface area contributed by atoms with Crippen LogP contribution >= 0.6 is 22.6 Å². The lowest BCUT2D eigenvalue weighted by Crippen LogP contribution is -1.87. The van der Waals surface area contributed by atoms with Crippen molar-refractivity contribution in [2.45, 2.75) is 47.4 Å². The van der Waals surface area contributed by atoms with Crippen LogP contribution in [-0.2, 0) is 0 Å². The average molecular weight is 318 g/mol. The first-order valence-electron chi connectivity index (χ1n) is 5.37. The number of terminal acetylenes is 1. The van der Waals surface area contributed by atoms with Crippen LogP contribution in [0.4, 0.5) is 0 Å². The summed E-state index contributed by atoms with van der Waals surface area (Å²) in [5.41, 5.74) is 0. The highest BCUT2D eigenvalue weighted by atomic mass is 127. The molecule has 2 atom stereocenters. The van der Waals surface area contributed by atoms with Gasteiger partial charge >= 0.3 is 0 Å². The first kappa shape index (κ1) is 20.5. The molecule has 0 aromatic heterocycles. The van der Waals surface area contributed by atoms with Gasteiger partial charge in [0.25, 0.3) is 0 Å². The van der Waals surface area contributed by atoms with Crippen LogP contribution in [0.1, 0.15) is 40.5 Å². The van der Waals surface area contributed by atoms with E-state index in [2.05, 4.69) is 63.7 Å². The molecule has 0 heterocycles. The normalized spacial score (nSPS) is 11.8. The molecular formula is C13H24BI. The van der Waals surface area contributed by atoms with Gasteiger partial charge in [-0.15, -0.1) is 12.3 Å². The summed E-state index contributed by atoms with van der Waals surface area (Å²) in [6.45, 7) is 13.8. The maximum absolute atomic E-state index is 5.03. The minimum Gasteiger partial charge on any atom is -0.120 e. The van der Waals surface area contributed by atoms with Crippen LogP contribution in [0.2, 0.25) is 6.82 Å². The van der Waals surface area contributed by atoms with Crippen molar-refractivity contribution in [1.29, 1.82) is 0 Å². The van der Waals surface area contributed by atoms with Crippen LogP contribution in [0.3, 0.4) is 0 Å². The van der Waals surface area contributed by atoms with E-state index < -0.39 is 0 Å². The molecule has 0 unspecified atom stereocenters. The highest BCUT2D eigenvalue weighted by Gasteiger charge is 1.96. The van der Waals surface area contributed by atoms with Crippen LogP contribution in [0.25, 0.3) is 0 Å². The van der Waals surface area contributed by atoms with Gasteiger partial charge in [0.1, 0.15) is 0 Å². The number of hydrogen-bond acceptors (Lipinski definition) is 0. The fourth-order valence-corrected chi connectivity index (χ4v) is 0.780. The number of hydrogen-bond donors (Lipinski definition) is 0. The molecule has 0 N–H and O–H groups in total. The Morgan fingerprint density at radius 2 is 1.73 bits per heavy atom. The summed E-state index contributed by atoms with van der Waals surface area (Å²) < 4.78 is 1.26. The van der Waals surface area contributed by atoms with Crippen LogP contribution < -0.4 is 0 Å². The van der Waals surface area contributed by atoms with Crippen molar-refractivity contribution < 1.29 is 0 Å². The fourth-order valence-electron chi connectivity index (χ4n) is 0.339. The van der Waals surface area contributed by atoms with Gasteiger partial charge < -0.3 is 0 Å². The van der Waals surface area contributed by atoms with Gasteiger partial charge in [0.05, 0.1) is 7.85 Å². The molecule has 0 fully saturated rings. The molecular weight excluding hydrogens is 294 g/mol. The van der Waals surface area contributed by atoms with Crippen molar-refractivity contribution in [1.82, 2.24) is 0 Å². The summed E-state index contributed by atoms with van der Waals surface area (Å²) in [4.78, 5) is 0. The molecule has 2 heteroatoms. The SMILES string of the molecule is C#C[C@H](C)CC.C=C(I)[C@H](C)CC.[B]C. The highest BCUT2D eigenvalue weighted by Crippen LogP contribution is 2.17. The molecule has 0 aliphatic carbocycles. The zero-order valence-electron chi connectivity index (χ0n) is 10.8. The average Bonchev–Trinajstić information content (AvgIpc) is 2.30. The maximum Gasteiger partial charge on any atom is 0.0606 e. The lowest BCUT2D eigenvalue weighted by Gasteiger charge is -2.02. The molecule has 0 rings (SSSR count). The number of allylic oxidation sites excluding steroid dienone is 1. The third-order valence-corrected chi connectivity index (χ3v) is 3.11. The van der Waals surface area contributed by atoms with Gasteiger partial charge in [-0.2, -0.15) is 0 Å². The largest absolute Gasteiger partial charge is 0.120 e. The minimum absolute atomic E-state index is 0.463. The van der Waals surface area contributed by atoms with Gasteiger partial charge in [-0.1, -0.05) is 41.1 Å². The van der Waals surface area contributed by atoms with Crippen molar-refractivity contribution in [3.8, 4) is 12.3 Å². The zero-order valence-corrected chi connectivity index (χ0v) is 13.0.